The van der Waals surface area contributed by atoms with Crippen LogP contribution in [0.4, 0.5) is 11.4 Å². The second kappa shape index (κ2) is 5.49. The summed E-state index contributed by atoms with van der Waals surface area (Å²) in [7, 11) is 2.07. The summed E-state index contributed by atoms with van der Waals surface area (Å²) in [6.45, 7) is 1.96. The average Bonchev–Trinajstić information content (AvgIpc) is 2.34. The van der Waals surface area contributed by atoms with Gasteiger partial charge in [0.1, 0.15) is 11.9 Å². The van der Waals surface area contributed by atoms with Gasteiger partial charge in [0.2, 0.25) is 0 Å². The molecule has 1 aliphatic heterocycles. The van der Waals surface area contributed by atoms with Crippen molar-refractivity contribution in [1.82, 2.24) is 9.88 Å². The number of halogens is 1. The zero-order chi connectivity index (χ0) is 13.1. The molecule has 1 N–H and O–H groups in total. The first-order chi connectivity index (χ1) is 8.58. The van der Waals surface area contributed by atoms with Crippen molar-refractivity contribution in [2.24, 2.45) is 0 Å². The van der Waals surface area contributed by atoms with Crippen molar-refractivity contribution in [2.45, 2.75) is 18.9 Å². The lowest BCUT2D eigenvalue weighted by Crippen LogP contribution is -2.36. The first-order valence-electron chi connectivity index (χ1n) is 5.81. The SMILES string of the molecule is CN1CCC(Nc2c(Cl)cncc2[N+](=O)[O-])CC1. The maximum atomic E-state index is 10.9. The molecule has 0 aliphatic carbocycles. The number of rotatable bonds is 3. The molecule has 98 valence electrons. The molecule has 1 aromatic rings. The van der Waals surface area contributed by atoms with E-state index >= 15 is 0 Å². The average molecular weight is 271 g/mol. The van der Waals surface area contributed by atoms with Crippen LogP contribution in [0.3, 0.4) is 0 Å². The van der Waals surface area contributed by atoms with Gasteiger partial charge in [0.25, 0.3) is 0 Å². The van der Waals surface area contributed by atoms with E-state index in [0.29, 0.717) is 10.7 Å². The summed E-state index contributed by atoms with van der Waals surface area (Å²) in [5, 5.41) is 14.4. The number of pyridine rings is 1. The van der Waals surface area contributed by atoms with Gasteiger partial charge in [-0.25, -0.2) is 0 Å². The third-order valence-electron chi connectivity index (χ3n) is 3.14. The summed E-state index contributed by atoms with van der Waals surface area (Å²) in [6.07, 6.45) is 4.55. The maximum absolute atomic E-state index is 10.9. The molecule has 1 fully saturated rings. The van der Waals surface area contributed by atoms with E-state index in [1.165, 1.54) is 12.4 Å². The summed E-state index contributed by atoms with van der Waals surface area (Å²) < 4.78 is 0. The lowest BCUT2D eigenvalue weighted by molar-refractivity contribution is -0.384. The molecule has 0 spiro atoms. The third kappa shape index (κ3) is 2.88. The predicted octanol–water partition coefficient (Wildman–Crippen LogP) is 2.15. The second-order valence-electron chi connectivity index (χ2n) is 4.49. The molecule has 1 saturated heterocycles. The molecule has 7 heteroatoms. The van der Waals surface area contributed by atoms with Gasteiger partial charge in [-0.2, -0.15) is 0 Å². The molecular formula is C11H15ClN4O2. The first-order valence-corrected chi connectivity index (χ1v) is 6.18. The fraction of sp³-hybridized carbons (Fsp3) is 0.545. The van der Waals surface area contributed by atoms with Crippen LogP contribution in [0.25, 0.3) is 0 Å². The van der Waals surface area contributed by atoms with E-state index in [0.717, 1.165) is 25.9 Å². The Kier molecular flexibility index (Phi) is 3.98. The molecule has 1 aromatic heterocycles. The van der Waals surface area contributed by atoms with Crippen LogP contribution in [-0.2, 0) is 0 Å². The van der Waals surface area contributed by atoms with Gasteiger partial charge in [0.15, 0.2) is 0 Å². The first kappa shape index (κ1) is 13.0. The van der Waals surface area contributed by atoms with Crippen molar-refractivity contribution in [3.8, 4) is 0 Å². The minimum atomic E-state index is -0.462. The Hall–Kier alpha value is -1.40. The molecule has 1 aliphatic rings. The highest BCUT2D eigenvalue weighted by Gasteiger charge is 2.23. The molecular weight excluding hydrogens is 256 g/mol. The lowest BCUT2D eigenvalue weighted by atomic mass is 10.1. The minimum absolute atomic E-state index is 0.0681. The van der Waals surface area contributed by atoms with Gasteiger partial charge in [0, 0.05) is 12.2 Å². The van der Waals surface area contributed by atoms with Gasteiger partial charge in [-0.15, -0.1) is 0 Å². The summed E-state index contributed by atoms with van der Waals surface area (Å²) >= 11 is 5.98. The van der Waals surface area contributed by atoms with Crippen LogP contribution in [0, 0.1) is 10.1 Å². The van der Waals surface area contributed by atoms with Crippen molar-refractivity contribution < 1.29 is 4.92 Å². The largest absolute Gasteiger partial charge is 0.375 e. The van der Waals surface area contributed by atoms with Crippen LogP contribution >= 0.6 is 11.6 Å². The fourth-order valence-corrected chi connectivity index (χ4v) is 2.27. The molecule has 0 amide bonds. The van der Waals surface area contributed by atoms with Crippen molar-refractivity contribution in [1.29, 1.82) is 0 Å². The Morgan fingerprint density at radius 1 is 1.50 bits per heavy atom. The van der Waals surface area contributed by atoms with E-state index in [2.05, 4.69) is 22.2 Å². The summed E-state index contributed by atoms with van der Waals surface area (Å²) in [4.78, 5) is 16.5. The number of nitrogens with one attached hydrogen (secondary N) is 1. The monoisotopic (exact) mass is 270 g/mol. The number of likely N-dealkylation sites (tertiary alicyclic amines) is 1. The highest BCUT2D eigenvalue weighted by molar-refractivity contribution is 6.33. The molecule has 6 nitrogen and oxygen atoms in total. The quantitative estimate of drug-likeness (QED) is 0.673. The van der Waals surface area contributed by atoms with E-state index in [-0.39, 0.29) is 11.7 Å². The van der Waals surface area contributed by atoms with E-state index < -0.39 is 4.92 Å². The van der Waals surface area contributed by atoms with Gasteiger partial charge in [-0.05, 0) is 33.0 Å². The van der Waals surface area contributed by atoms with Crippen LogP contribution in [-0.4, -0.2) is 41.0 Å². The molecule has 0 bridgehead atoms. The summed E-state index contributed by atoms with van der Waals surface area (Å²) in [6, 6.07) is 0.222. The maximum Gasteiger partial charge on any atom is 0.311 e. The Bertz CT molecular complexity index is 447. The van der Waals surface area contributed by atoms with Crippen molar-refractivity contribution in [3.05, 3.63) is 27.5 Å². The molecule has 0 unspecified atom stereocenters. The Morgan fingerprint density at radius 2 is 2.17 bits per heavy atom. The number of anilines is 1. The molecule has 2 rings (SSSR count). The van der Waals surface area contributed by atoms with Crippen LogP contribution in [0.2, 0.25) is 5.02 Å². The van der Waals surface area contributed by atoms with E-state index in [9.17, 15) is 10.1 Å². The standard InChI is InChI=1S/C11H15ClN4O2/c1-15-4-2-8(3-5-15)14-11-9(12)6-13-7-10(11)16(17)18/h6-8H,2-5H2,1H3,(H,13,14). The summed E-state index contributed by atoms with van der Waals surface area (Å²) in [5.74, 6) is 0. The van der Waals surface area contributed by atoms with Gasteiger partial charge in [-0.1, -0.05) is 11.6 Å². The fourth-order valence-electron chi connectivity index (χ4n) is 2.06. The Balaban J connectivity index is 2.15. The van der Waals surface area contributed by atoms with Gasteiger partial charge >= 0.3 is 5.69 Å². The zero-order valence-corrected chi connectivity index (χ0v) is 10.9. The topological polar surface area (TPSA) is 71.3 Å². The second-order valence-corrected chi connectivity index (χ2v) is 4.90. The van der Waals surface area contributed by atoms with Crippen molar-refractivity contribution in [2.75, 3.05) is 25.5 Å². The van der Waals surface area contributed by atoms with Crippen LogP contribution in [0.1, 0.15) is 12.8 Å². The molecule has 2 heterocycles. The normalized spacial score (nSPS) is 17.7. The number of hydrogen-bond donors (Lipinski definition) is 1. The molecule has 0 saturated carbocycles. The molecule has 18 heavy (non-hydrogen) atoms. The van der Waals surface area contributed by atoms with Crippen LogP contribution < -0.4 is 5.32 Å². The highest BCUT2D eigenvalue weighted by atomic mass is 35.5. The predicted molar refractivity (Wildman–Crippen MR) is 70.0 cm³/mol. The number of nitrogens with zero attached hydrogens (tertiary/aromatic N) is 3. The number of hydrogen-bond acceptors (Lipinski definition) is 5. The smallest absolute Gasteiger partial charge is 0.311 e. The molecule has 0 aromatic carbocycles. The Labute approximate surface area is 110 Å². The lowest BCUT2D eigenvalue weighted by Gasteiger charge is -2.30. The zero-order valence-electron chi connectivity index (χ0n) is 10.1. The van der Waals surface area contributed by atoms with Gasteiger partial charge < -0.3 is 10.2 Å². The Morgan fingerprint density at radius 3 is 2.78 bits per heavy atom. The van der Waals surface area contributed by atoms with Gasteiger partial charge in [0.05, 0.1) is 9.95 Å². The van der Waals surface area contributed by atoms with Crippen LogP contribution in [0.15, 0.2) is 12.4 Å². The highest BCUT2D eigenvalue weighted by Crippen LogP contribution is 2.32. The summed E-state index contributed by atoms with van der Waals surface area (Å²) in [5.41, 5.74) is 0.313. The number of nitro groups is 1. The number of piperidine rings is 1. The van der Waals surface area contributed by atoms with Gasteiger partial charge in [-0.3, -0.25) is 15.1 Å². The number of aromatic nitrogens is 1. The van der Waals surface area contributed by atoms with Crippen molar-refractivity contribution >= 4 is 23.0 Å². The van der Waals surface area contributed by atoms with E-state index in [1.54, 1.807) is 0 Å². The minimum Gasteiger partial charge on any atom is -0.375 e. The van der Waals surface area contributed by atoms with E-state index in [4.69, 9.17) is 11.6 Å². The van der Waals surface area contributed by atoms with E-state index in [1.807, 2.05) is 0 Å². The molecule has 0 atom stereocenters. The van der Waals surface area contributed by atoms with Crippen LogP contribution in [0.5, 0.6) is 0 Å². The third-order valence-corrected chi connectivity index (χ3v) is 3.43. The molecule has 0 radical (unpaired) electrons. The van der Waals surface area contributed by atoms with Crippen molar-refractivity contribution in [3.63, 3.8) is 0 Å².